The van der Waals surface area contributed by atoms with Gasteiger partial charge in [-0.25, -0.2) is 31.1 Å². The molecule has 40 heavy (non-hydrogen) atoms. The molecular formula is C29H26F3N3O4S. The van der Waals surface area contributed by atoms with Gasteiger partial charge >= 0.3 is 6.03 Å². The lowest BCUT2D eigenvalue weighted by molar-refractivity contribution is 0.245. The lowest BCUT2D eigenvalue weighted by atomic mass is 9.89. The lowest BCUT2D eigenvalue weighted by Crippen LogP contribution is -2.41. The highest BCUT2D eigenvalue weighted by Crippen LogP contribution is 2.34. The van der Waals surface area contributed by atoms with Gasteiger partial charge in [-0.15, -0.1) is 0 Å². The van der Waals surface area contributed by atoms with Gasteiger partial charge in [-0.3, -0.25) is 4.98 Å². The first kappa shape index (κ1) is 28.6. The number of benzene rings is 3. The Kier molecular flexibility index (Phi) is 8.73. The number of nitrogens with one attached hydrogen (secondary N) is 2. The minimum atomic E-state index is -4.20. The molecule has 4 rings (SSSR count). The first-order valence-electron chi connectivity index (χ1n) is 12.3. The Morgan fingerprint density at radius 1 is 0.975 bits per heavy atom. The number of rotatable bonds is 9. The predicted octanol–water partition coefficient (Wildman–Crippen LogP) is 5.69. The summed E-state index contributed by atoms with van der Waals surface area (Å²) < 4.78 is 75.9. The van der Waals surface area contributed by atoms with Crippen LogP contribution in [0.25, 0.3) is 11.1 Å². The Hall–Kier alpha value is -4.38. The number of halogens is 3. The van der Waals surface area contributed by atoms with Crippen molar-refractivity contribution in [3.05, 3.63) is 113 Å². The van der Waals surface area contributed by atoms with Crippen molar-refractivity contribution in [2.45, 2.75) is 24.7 Å². The second-order valence-corrected chi connectivity index (χ2v) is 10.5. The highest BCUT2D eigenvalue weighted by atomic mass is 32.2. The number of sulfonamides is 1. The molecule has 3 aromatic carbocycles. The number of hydrogen-bond acceptors (Lipinski definition) is 5. The molecule has 1 unspecified atom stereocenters. The van der Waals surface area contributed by atoms with Gasteiger partial charge < -0.3 is 10.1 Å². The Labute approximate surface area is 230 Å². The molecule has 0 fully saturated rings. The Morgan fingerprint density at radius 3 is 2.38 bits per heavy atom. The SMILES string of the molecule is CCOc1ccc(-c2cccnc2C(CNC(=O)NS(=O)(=O)c2ccccc2C)c2cc(F)cc(F)c2)cc1F. The molecule has 2 amide bonds. The van der Waals surface area contributed by atoms with Crippen LogP contribution in [0, 0.1) is 24.4 Å². The summed E-state index contributed by atoms with van der Waals surface area (Å²) in [5.41, 5.74) is 1.70. The standard InChI is InChI=1S/C29H26F3N3O4S/c1-3-39-26-11-10-19(15-25(26)32)23-8-6-12-33-28(23)24(20-13-21(30)16-22(31)14-20)17-34-29(36)35-40(37,38)27-9-5-4-7-18(27)2/h4-16,24H,3,17H2,1-2H3,(H2,34,35,36). The third-order valence-corrected chi connectivity index (χ3v) is 7.57. The number of carbonyl (C=O) groups excluding carboxylic acids is 1. The highest BCUT2D eigenvalue weighted by Gasteiger charge is 2.25. The van der Waals surface area contributed by atoms with Crippen molar-refractivity contribution in [3.63, 3.8) is 0 Å². The Balaban J connectivity index is 1.68. The quantitative estimate of drug-likeness (QED) is 0.270. The summed E-state index contributed by atoms with van der Waals surface area (Å²) in [6, 6.07) is 15.6. The largest absolute Gasteiger partial charge is 0.491 e. The molecule has 7 nitrogen and oxygen atoms in total. The Bertz CT molecular complexity index is 1630. The van der Waals surface area contributed by atoms with Gasteiger partial charge in [-0.1, -0.05) is 30.3 Å². The molecule has 0 bridgehead atoms. The maximum absolute atomic E-state index is 14.7. The number of urea groups is 1. The normalized spacial score (nSPS) is 12.0. The van der Waals surface area contributed by atoms with Gasteiger partial charge in [0, 0.05) is 30.3 Å². The van der Waals surface area contributed by atoms with Crippen LogP contribution in [0.1, 0.15) is 29.7 Å². The molecule has 1 atom stereocenters. The van der Waals surface area contributed by atoms with E-state index in [-0.39, 0.29) is 35.1 Å². The summed E-state index contributed by atoms with van der Waals surface area (Å²) in [5, 5.41) is 2.47. The van der Waals surface area contributed by atoms with E-state index < -0.39 is 39.4 Å². The minimum absolute atomic E-state index is 0.0636. The van der Waals surface area contributed by atoms with Crippen LogP contribution in [0.5, 0.6) is 5.75 Å². The number of hydrogen-bond donors (Lipinski definition) is 2. The van der Waals surface area contributed by atoms with Gasteiger partial charge in [-0.05, 0) is 66.9 Å². The molecule has 0 spiro atoms. The second-order valence-electron chi connectivity index (χ2n) is 8.85. The summed E-state index contributed by atoms with van der Waals surface area (Å²) in [5.74, 6) is -3.19. The molecule has 4 aromatic rings. The van der Waals surface area contributed by atoms with Gasteiger partial charge in [0.2, 0.25) is 0 Å². The summed E-state index contributed by atoms with van der Waals surface area (Å²) >= 11 is 0. The van der Waals surface area contributed by atoms with Crippen molar-refractivity contribution < 1.29 is 31.1 Å². The van der Waals surface area contributed by atoms with Gasteiger partial charge in [0.05, 0.1) is 17.2 Å². The number of carbonyl (C=O) groups is 1. The second kappa shape index (κ2) is 12.2. The van der Waals surface area contributed by atoms with Crippen LogP contribution in [0.15, 0.2) is 83.9 Å². The lowest BCUT2D eigenvalue weighted by Gasteiger charge is -2.21. The Morgan fingerprint density at radius 2 is 1.70 bits per heavy atom. The number of amides is 2. The molecule has 208 valence electrons. The van der Waals surface area contributed by atoms with E-state index in [0.717, 1.165) is 12.1 Å². The van der Waals surface area contributed by atoms with Crippen LogP contribution < -0.4 is 14.8 Å². The fraction of sp³-hybridized carbons (Fsp3) is 0.172. The van der Waals surface area contributed by atoms with Crippen molar-refractivity contribution in [1.29, 1.82) is 0 Å². The van der Waals surface area contributed by atoms with Crippen molar-refractivity contribution in [1.82, 2.24) is 15.0 Å². The number of aryl methyl sites for hydroxylation is 1. The van der Waals surface area contributed by atoms with E-state index in [2.05, 4.69) is 10.3 Å². The third kappa shape index (κ3) is 6.60. The topological polar surface area (TPSA) is 97.4 Å². The molecule has 1 heterocycles. The van der Waals surface area contributed by atoms with Crippen LogP contribution in [-0.4, -0.2) is 32.6 Å². The summed E-state index contributed by atoms with van der Waals surface area (Å²) in [7, 11) is -4.20. The van der Waals surface area contributed by atoms with Crippen molar-refractivity contribution in [3.8, 4) is 16.9 Å². The number of aromatic nitrogens is 1. The van der Waals surface area contributed by atoms with Crippen molar-refractivity contribution in [2.75, 3.05) is 13.2 Å². The predicted molar refractivity (Wildman–Crippen MR) is 144 cm³/mol. The molecule has 0 aliphatic heterocycles. The first-order chi connectivity index (χ1) is 19.1. The van der Waals surface area contributed by atoms with Crippen molar-refractivity contribution in [2.24, 2.45) is 0 Å². The highest BCUT2D eigenvalue weighted by molar-refractivity contribution is 7.90. The zero-order chi connectivity index (χ0) is 28.9. The van der Waals surface area contributed by atoms with Gasteiger partial charge in [-0.2, -0.15) is 0 Å². The molecule has 0 aliphatic rings. The van der Waals surface area contributed by atoms with E-state index in [0.29, 0.717) is 22.8 Å². The van der Waals surface area contributed by atoms with Crippen molar-refractivity contribution >= 4 is 16.1 Å². The fourth-order valence-electron chi connectivity index (χ4n) is 4.29. The molecule has 2 N–H and O–H groups in total. The summed E-state index contributed by atoms with van der Waals surface area (Å²) in [6.45, 7) is 3.30. The first-order valence-corrected chi connectivity index (χ1v) is 13.8. The molecule has 11 heteroatoms. The van der Waals surface area contributed by atoms with Gasteiger partial charge in [0.15, 0.2) is 11.6 Å². The van der Waals surface area contributed by atoms with Crippen LogP contribution in [0.4, 0.5) is 18.0 Å². The van der Waals surface area contributed by atoms with Gasteiger partial charge in [0.25, 0.3) is 10.0 Å². The van der Waals surface area contributed by atoms with Crippen LogP contribution >= 0.6 is 0 Å². The van der Waals surface area contributed by atoms with E-state index >= 15 is 0 Å². The van der Waals surface area contributed by atoms with E-state index in [1.807, 2.05) is 4.72 Å². The smallest absolute Gasteiger partial charge is 0.328 e. The number of ether oxygens (including phenoxy) is 1. The van der Waals surface area contributed by atoms with Crippen LogP contribution in [0.2, 0.25) is 0 Å². The molecule has 0 saturated carbocycles. The average Bonchev–Trinajstić information content (AvgIpc) is 2.90. The fourth-order valence-corrected chi connectivity index (χ4v) is 5.47. The van der Waals surface area contributed by atoms with E-state index in [4.69, 9.17) is 4.74 Å². The third-order valence-electron chi connectivity index (χ3n) is 6.08. The maximum Gasteiger partial charge on any atom is 0.328 e. The van der Waals surface area contributed by atoms with Crippen LogP contribution in [-0.2, 0) is 10.0 Å². The zero-order valence-electron chi connectivity index (χ0n) is 21.6. The zero-order valence-corrected chi connectivity index (χ0v) is 22.4. The number of pyridine rings is 1. The maximum atomic E-state index is 14.7. The average molecular weight is 570 g/mol. The summed E-state index contributed by atoms with van der Waals surface area (Å²) in [4.78, 5) is 17.0. The molecule has 0 radical (unpaired) electrons. The monoisotopic (exact) mass is 569 g/mol. The number of nitrogens with zero attached hydrogens (tertiary/aromatic N) is 1. The van der Waals surface area contributed by atoms with E-state index in [9.17, 15) is 26.4 Å². The van der Waals surface area contributed by atoms with Gasteiger partial charge in [0.1, 0.15) is 11.6 Å². The summed E-state index contributed by atoms with van der Waals surface area (Å²) in [6.07, 6.45) is 1.45. The van der Waals surface area contributed by atoms with Crippen LogP contribution in [0.3, 0.4) is 0 Å². The minimum Gasteiger partial charge on any atom is -0.491 e. The molecule has 0 saturated heterocycles. The van der Waals surface area contributed by atoms with E-state index in [1.54, 1.807) is 44.2 Å². The molecule has 0 aliphatic carbocycles. The molecule has 1 aromatic heterocycles. The van der Waals surface area contributed by atoms with E-state index in [1.165, 1.54) is 30.5 Å². The molecular weight excluding hydrogens is 543 g/mol.